The quantitative estimate of drug-likeness (QED) is 0.514. The van der Waals surface area contributed by atoms with Crippen molar-refractivity contribution in [1.29, 1.82) is 0 Å². The first-order valence-electron chi connectivity index (χ1n) is 10.3. The molecule has 0 amide bonds. The van der Waals surface area contributed by atoms with Crippen LogP contribution in [0.15, 0.2) is 77.8 Å². The van der Waals surface area contributed by atoms with Crippen LogP contribution in [0, 0.1) is 6.92 Å². The van der Waals surface area contributed by atoms with E-state index in [0.29, 0.717) is 41.5 Å². The van der Waals surface area contributed by atoms with Crippen molar-refractivity contribution in [1.82, 2.24) is 10.3 Å². The maximum atomic E-state index is 13.8. The van der Waals surface area contributed by atoms with Gasteiger partial charge in [-0.05, 0) is 36.6 Å². The Morgan fingerprint density at radius 3 is 2.35 bits per heavy atom. The van der Waals surface area contributed by atoms with Gasteiger partial charge >= 0.3 is 0 Å². The van der Waals surface area contributed by atoms with Gasteiger partial charge in [0.2, 0.25) is 5.88 Å². The summed E-state index contributed by atoms with van der Waals surface area (Å²) in [6.07, 6.45) is 2.19. The molecule has 0 fully saturated rings. The zero-order valence-electron chi connectivity index (χ0n) is 18.2. The van der Waals surface area contributed by atoms with Crippen LogP contribution in [0.4, 0.5) is 5.69 Å². The number of aromatic nitrogens is 1. The molecule has 0 spiro atoms. The van der Waals surface area contributed by atoms with Crippen LogP contribution >= 0.6 is 0 Å². The molecule has 3 rings (SSSR count). The van der Waals surface area contributed by atoms with Crippen LogP contribution < -0.4 is 14.4 Å². The van der Waals surface area contributed by atoms with E-state index in [-0.39, 0.29) is 6.04 Å². The van der Waals surface area contributed by atoms with E-state index in [1.54, 1.807) is 30.5 Å². The van der Waals surface area contributed by atoms with E-state index in [1.807, 2.05) is 56.3 Å². The fourth-order valence-electron chi connectivity index (χ4n) is 3.49. The number of nitrogens with one attached hydrogen (secondary N) is 1. The molecule has 2 aromatic carbocycles. The first-order chi connectivity index (χ1) is 15.0. The van der Waals surface area contributed by atoms with Gasteiger partial charge in [0.1, 0.15) is 0 Å². The molecule has 164 valence electrons. The Balaban J connectivity index is 1.94. The van der Waals surface area contributed by atoms with E-state index < -0.39 is 10.0 Å². The molecule has 31 heavy (non-hydrogen) atoms. The minimum atomic E-state index is -3.80. The lowest BCUT2D eigenvalue weighted by molar-refractivity contribution is 0.398. The maximum absolute atomic E-state index is 13.8. The van der Waals surface area contributed by atoms with E-state index >= 15 is 0 Å². The van der Waals surface area contributed by atoms with Crippen molar-refractivity contribution in [2.75, 3.05) is 18.0 Å². The molecule has 3 aromatic rings. The number of anilines is 1. The van der Waals surface area contributed by atoms with Gasteiger partial charge in [-0.3, -0.25) is 4.31 Å². The number of sulfonamides is 1. The highest BCUT2D eigenvalue weighted by atomic mass is 32.2. The molecule has 0 bridgehead atoms. The molecule has 0 aliphatic rings. The van der Waals surface area contributed by atoms with Crippen LogP contribution in [-0.2, 0) is 16.6 Å². The second kappa shape index (κ2) is 10.4. The van der Waals surface area contributed by atoms with E-state index in [9.17, 15) is 8.42 Å². The predicted octanol–water partition coefficient (Wildman–Crippen LogP) is 4.16. The number of aryl methyl sites for hydroxylation is 1. The SMILES string of the molecule is CCC(CNCc1ccccc1)N(c1ccc(OC)nc1)S(=O)(=O)c1ccccc1C. The summed E-state index contributed by atoms with van der Waals surface area (Å²) in [5, 5.41) is 3.41. The third-order valence-corrected chi connectivity index (χ3v) is 7.21. The minimum Gasteiger partial charge on any atom is -0.481 e. The largest absolute Gasteiger partial charge is 0.481 e. The summed E-state index contributed by atoms with van der Waals surface area (Å²) in [4.78, 5) is 4.54. The van der Waals surface area contributed by atoms with Crippen molar-refractivity contribution in [2.45, 2.75) is 37.8 Å². The monoisotopic (exact) mass is 439 g/mol. The summed E-state index contributed by atoms with van der Waals surface area (Å²) >= 11 is 0. The molecule has 0 saturated carbocycles. The Bertz CT molecular complexity index is 1070. The van der Waals surface area contributed by atoms with Gasteiger partial charge in [0.05, 0.1) is 29.9 Å². The fourth-order valence-corrected chi connectivity index (χ4v) is 5.43. The van der Waals surface area contributed by atoms with E-state index in [0.717, 1.165) is 5.56 Å². The highest BCUT2D eigenvalue weighted by Gasteiger charge is 2.32. The zero-order valence-corrected chi connectivity index (χ0v) is 19.0. The number of benzene rings is 2. The van der Waals surface area contributed by atoms with Gasteiger partial charge in [-0.25, -0.2) is 13.4 Å². The number of rotatable bonds is 10. The zero-order chi connectivity index (χ0) is 22.3. The number of nitrogens with zero attached hydrogens (tertiary/aromatic N) is 2. The molecule has 7 heteroatoms. The molecule has 0 aliphatic heterocycles. The number of hydrogen-bond donors (Lipinski definition) is 1. The predicted molar refractivity (Wildman–Crippen MR) is 124 cm³/mol. The second-order valence-electron chi connectivity index (χ2n) is 7.30. The number of hydrogen-bond acceptors (Lipinski definition) is 5. The van der Waals surface area contributed by atoms with E-state index in [1.165, 1.54) is 11.4 Å². The summed E-state index contributed by atoms with van der Waals surface area (Å²) in [6, 6.07) is 20.2. The summed E-state index contributed by atoms with van der Waals surface area (Å²) < 4.78 is 34.2. The molecule has 1 atom stereocenters. The summed E-state index contributed by atoms with van der Waals surface area (Å²) in [5.74, 6) is 0.437. The first kappa shape index (κ1) is 22.8. The Morgan fingerprint density at radius 1 is 1.03 bits per heavy atom. The lowest BCUT2D eigenvalue weighted by Gasteiger charge is -2.33. The molecule has 1 unspecified atom stereocenters. The Labute approximate surface area is 185 Å². The number of methoxy groups -OCH3 is 1. The number of pyridine rings is 1. The minimum absolute atomic E-state index is 0.288. The summed E-state index contributed by atoms with van der Waals surface area (Å²) in [7, 11) is -2.26. The lowest BCUT2D eigenvalue weighted by Crippen LogP contribution is -2.46. The second-order valence-corrected chi connectivity index (χ2v) is 9.09. The fraction of sp³-hybridized carbons (Fsp3) is 0.292. The molecule has 0 aliphatic carbocycles. The van der Waals surface area contributed by atoms with Crippen molar-refractivity contribution in [3.8, 4) is 5.88 Å². The molecular formula is C24H29N3O3S. The molecule has 1 aromatic heterocycles. The standard InChI is InChI=1S/C24H29N3O3S/c1-4-21(17-25-16-20-11-6-5-7-12-20)27(22-14-15-24(30-3)26-18-22)31(28,29)23-13-9-8-10-19(23)2/h5-15,18,21,25H,4,16-17H2,1-3H3. The topological polar surface area (TPSA) is 71.5 Å². The first-order valence-corrected chi connectivity index (χ1v) is 11.8. The van der Waals surface area contributed by atoms with Gasteiger partial charge in [-0.2, -0.15) is 0 Å². The van der Waals surface area contributed by atoms with Crippen LogP contribution in [0.25, 0.3) is 0 Å². The van der Waals surface area contributed by atoms with Gasteiger partial charge < -0.3 is 10.1 Å². The third kappa shape index (κ3) is 5.42. The average molecular weight is 440 g/mol. The van der Waals surface area contributed by atoms with Crippen LogP contribution in [0.2, 0.25) is 0 Å². The highest BCUT2D eigenvalue weighted by Crippen LogP contribution is 2.29. The Morgan fingerprint density at radius 2 is 1.74 bits per heavy atom. The normalized spacial score (nSPS) is 12.4. The molecule has 0 radical (unpaired) electrons. The van der Waals surface area contributed by atoms with Crippen molar-refractivity contribution in [3.05, 3.63) is 84.1 Å². The van der Waals surface area contributed by atoms with Gasteiger partial charge in [-0.15, -0.1) is 0 Å². The van der Waals surface area contributed by atoms with Gasteiger partial charge in [0.25, 0.3) is 10.0 Å². The third-order valence-electron chi connectivity index (χ3n) is 5.17. The van der Waals surface area contributed by atoms with Gasteiger partial charge in [0.15, 0.2) is 0 Å². The Kier molecular flexibility index (Phi) is 7.65. The van der Waals surface area contributed by atoms with Crippen LogP contribution in [-0.4, -0.2) is 33.1 Å². The molecule has 6 nitrogen and oxygen atoms in total. The maximum Gasteiger partial charge on any atom is 0.264 e. The van der Waals surface area contributed by atoms with Crippen molar-refractivity contribution < 1.29 is 13.2 Å². The molecule has 1 N–H and O–H groups in total. The smallest absolute Gasteiger partial charge is 0.264 e. The molecule has 0 saturated heterocycles. The highest BCUT2D eigenvalue weighted by molar-refractivity contribution is 7.93. The van der Waals surface area contributed by atoms with Crippen molar-refractivity contribution in [3.63, 3.8) is 0 Å². The van der Waals surface area contributed by atoms with Crippen LogP contribution in [0.1, 0.15) is 24.5 Å². The van der Waals surface area contributed by atoms with Crippen LogP contribution in [0.3, 0.4) is 0 Å². The Hall–Kier alpha value is -2.90. The summed E-state index contributed by atoms with van der Waals surface area (Å²) in [6.45, 7) is 4.97. The van der Waals surface area contributed by atoms with E-state index in [2.05, 4.69) is 10.3 Å². The van der Waals surface area contributed by atoms with Gasteiger partial charge in [-0.1, -0.05) is 55.5 Å². The number of ether oxygens (including phenoxy) is 1. The van der Waals surface area contributed by atoms with E-state index in [4.69, 9.17) is 4.74 Å². The van der Waals surface area contributed by atoms with Gasteiger partial charge in [0, 0.05) is 19.2 Å². The van der Waals surface area contributed by atoms with Crippen molar-refractivity contribution in [2.24, 2.45) is 0 Å². The van der Waals surface area contributed by atoms with Crippen molar-refractivity contribution >= 4 is 15.7 Å². The lowest BCUT2D eigenvalue weighted by atomic mass is 10.2. The molecular weight excluding hydrogens is 410 g/mol. The average Bonchev–Trinajstić information content (AvgIpc) is 2.79. The van der Waals surface area contributed by atoms with Crippen LogP contribution in [0.5, 0.6) is 5.88 Å². The molecule has 1 heterocycles. The summed E-state index contributed by atoms with van der Waals surface area (Å²) in [5.41, 5.74) is 2.37.